The normalized spacial score (nSPS) is 12.4. The molecule has 0 spiro atoms. The Labute approximate surface area is 118 Å². The Bertz CT molecular complexity index is 570. The number of carbonyl (C=O) groups is 2. The molecular formula is C13H13F3N2O3. The highest BCUT2D eigenvalue weighted by Gasteiger charge is 2.32. The van der Waals surface area contributed by atoms with E-state index in [9.17, 15) is 22.8 Å². The van der Waals surface area contributed by atoms with Gasteiger partial charge in [0.2, 0.25) is 0 Å². The summed E-state index contributed by atoms with van der Waals surface area (Å²) in [5.74, 6) is -1.52. The lowest BCUT2D eigenvalue weighted by Gasteiger charge is -2.13. The summed E-state index contributed by atoms with van der Waals surface area (Å²) in [4.78, 5) is 22.4. The Balaban J connectivity index is 3.06. The second-order valence-corrected chi connectivity index (χ2v) is 4.22. The van der Waals surface area contributed by atoms with E-state index in [4.69, 9.17) is 5.11 Å². The zero-order valence-corrected chi connectivity index (χ0v) is 11.0. The van der Waals surface area contributed by atoms with E-state index in [1.54, 1.807) is 6.92 Å². The number of urea groups is 1. The molecule has 0 fully saturated rings. The second kappa shape index (κ2) is 6.29. The SMILES string of the molecule is C=CC(C)NC(=O)Nc1cc(C(=O)O)cc(C(F)(F)F)c1. The van der Waals surface area contributed by atoms with Crippen LogP contribution in [-0.4, -0.2) is 23.1 Å². The van der Waals surface area contributed by atoms with Crippen molar-refractivity contribution in [3.8, 4) is 0 Å². The van der Waals surface area contributed by atoms with Crippen LogP contribution in [-0.2, 0) is 6.18 Å². The molecule has 21 heavy (non-hydrogen) atoms. The Morgan fingerprint density at radius 2 is 1.95 bits per heavy atom. The van der Waals surface area contributed by atoms with Gasteiger partial charge in [-0.3, -0.25) is 0 Å². The molecule has 1 unspecified atom stereocenters. The first kappa shape index (κ1) is 16.5. The van der Waals surface area contributed by atoms with Gasteiger partial charge in [-0.1, -0.05) is 6.08 Å². The van der Waals surface area contributed by atoms with Crippen LogP contribution in [0.2, 0.25) is 0 Å². The fourth-order valence-corrected chi connectivity index (χ4v) is 1.42. The Morgan fingerprint density at radius 1 is 1.33 bits per heavy atom. The minimum atomic E-state index is -4.72. The monoisotopic (exact) mass is 302 g/mol. The summed E-state index contributed by atoms with van der Waals surface area (Å²) in [6, 6.07) is 0.936. The van der Waals surface area contributed by atoms with Gasteiger partial charge < -0.3 is 15.7 Å². The van der Waals surface area contributed by atoms with Crippen LogP contribution in [0.15, 0.2) is 30.9 Å². The minimum absolute atomic E-state index is 0.268. The number of halogens is 3. The number of alkyl halides is 3. The summed E-state index contributed by atoms with van der Waals surface area (Å²) in [6.07, 6.45) is -3.29. The number of hydrogen-bond acceptors (Lipinski definition) is 2. The van der Waals surface area contributed by atoms with Crippen LogP contribution in [0.1, 0.15) is 22.8 Å². The lowest BCUT2D eigenvalue weighted by Crippen LogP contribution is -2.34. The lowest BCUT2D eigenvalue weighted by molar-refractivity contribution is -0.137. The first-order chi connectivity index (χ1) is 9.63. The van der Waals surface area contributed by atoms with E-state index in [2.05, 4.69) is 17.2 Å². The molecule has 0 aliphatic heterocycles. The number of amides is 2. The van der Waals surface area contributed by atoms with Crippen LogP contribution < -0.4 is 10.6 Å². The van der Waals surface area contributed by atoms with E-state index in [1.165, 1.54) is 6.08 Å². The van der Waals surface area contributed by atoms with Crippen molar-refractivity contribution in [2.75, 3.05) is 5.32 Å². The van der Waals surface area contributed by atoms with Crippen LogP contribution in [0.25, 0.3) is 0 Å². The van der Waals surface area contributed by atoms with Crippen molar-refractivity contribution in [2.45, 2.75) is 19.1 Å². The number of aromatic carboxylic acids is 1. The number of nitrogens with one attached hydrogen (secondary N) is 2. The number of rotatable bonds is 4. The quantitative estimate of drug-likeness (QED) is 0.748. The van der Waals surface area contributed by atoms with Gasteiger partial charge in [0.05, 0.1) is 11.1 Å². The van der Waals surface area contributed by atoms with Crippen LogP contribution in [0.4, 0.5) is 23.7 Å². The van der Waals surface area contributed by atoms with E-state index in [-0.39, 0.29) is 5.69 Å². The third kappa shape index (κ3) is 4.83. The topological polar surface area (TPSA) is 78.4 Å². The maximum absolute atomic E-state index is 12.7. The molecule has 114 valence electrons. The Morgan fingerprint density at radius 3 is 2.43 bits per heavy atom. The average molecular weight is 302 g/mol. The van der Waals surface area contributed by atoms with Crippen molar-refractivity contribution >= 4 is 17.7 Å². The number of carbonyl (C=O) groups excluding carboxylic acids is 1. The van der Waals surface area contributed by atoms with E-state index in [1.807, 2.05) is 0 Å². The molecular weight excluding hydrogens is 289 g/mol. The number of benzene rings is 1. The molecule has 0 saturated carbocycles. The lowest BCUT2D eigenvalue weighted by atomic mass is 10.1. The molecule has 2 amide bonds. The molecule has 0 aliphatic carbocycles. The molecule has 1 rings (SSSR count). The van der Waals surface area contributed by atoms with Crippen molar-refractivity contribution in [3.05, 3.63) is 42.0 Å². The standard InChI is InChI=1S/C13H13F3N2O3/c1-3-7(2)17-12(21)18-10-5-8(11(19)20)4-9(6-10)13(14,15)16/h3-7H,1H2,2H3,(H,19,20)(H2,17,18,21). The number of carboxylic acid groups (broad SMARTS) is 1. The first-order valence-electron chi connectivity index (χ1n) is 5.79. The van der Waals surface area contributed by atoms with Crippen LogP contribution in [0, 0.1) is 0 Å². The van der Waals surface area contributed by atoms with Gasteiger partial charge in [0.15, 0.2) is 0 Å². The van der Waals surface area contributed by atoms with E-state index < -0.39 is 35.3 Å². The summed E-state index contributed by atoms with van der Waals surface area (Å²) < 4.78 is 38.0. The minimum Gasteiger partial charge on any atom is -0.478 e. The van der Waals surface area contributed by atoms with Gasteiger partial charge in [0, 0.05) is 11.7 Å². The van der Waals surface area contributed by atoms with Gasteiger partial charge in [0.25, 0.3) is 0 Å². The molecule has 0 heterocycles. The predicted octanol–water partition coefficient (Wildman–Crippen LogP) is 3.10. The molecule has 0 saturated heterocycles. The highest BCUT2D eigenvalue weighted by Crippen LogP contribution is 2.32. The molecule has 1 aromatic rings. The van der Waals surface area contributed by atoms with Crippen LogP contribution >= 0.6 is 0 Å². The molecule has 0 aromatic heterocycles. The van der Waals surface area contributed by atoms with Crippen molar-refractivity contribution in [3.63, 3.8) is 0 Å². The Kier molecular flexibility index (Phi) is 4.96. The van der Waals surface area contributed by atoms with Gasteiger partial charge in [-0.25, -0.2) is 9.59 Å². The second-order valence-electron chi connectivity index (χ2n) is 4.22. The molecule has 0 aliphatic rings. The molecule has 0 bridgehead atoms. The number of anilines is 1. The highest BCUT2D eigenvalue weighted by molar-refractivity contribution is 5.93. The van der Waals surface area contributed by atoms with Gasteiger partial charge in [-0.2, -0.15) is 13.2 Å². The van der Waals surface area contributed by atoms with Gasteiger partial charge in [-0.15, -0.1) is 6.58 Å². The van der Waals surface area contributed by atoms with Crippen molar-refractivity contribution in [1.29, 1.82) is 0 Å². The zero-order valence-electron chi connectivity index (χ0n) is 11.0. The van der Waals surface area contributed by atoms with Crippen molar-refractivity contribution in [2.24, 2.45) is 0 Å². The molecule has 8 heteroatoms. The van der Waals surface area contributed by atoms with E-state index in [0.717, 1.165) is 6.07 Å². The van der Waals surface area contributed by atoms with Gasteiger partial charge in [-0.05, 0) is 25.1 Å². The van der Waals surface area contributed by atoms with Crippen molar-refractivity contribution in [1.82, 2.24) is 5.32 Å². The zero-order chi connectivity index (χ0) is 16.2. The fraction of sp³-hybridized carbons (Fsp3) is 0.231. The third-order valence-corrected chi connectivity index (χ3v) is 2.48. The molecule has 0 radical (unpaired) electrons. The summed E-state index contributed by atoms with van der Waals surface area (Å²) >= 11 is 0. The molecule has 1 atom stereocenters. The number of carboxylic acids is 1. The van der Waals surface area contributed by atoms with Crippen molar-refractivity contribution < 1.29 is 27.9 Å². The number of hydrogen-bond donors (Lipinski definition) is 3. The van der Waals surface area contributed by atoms with Gasteiger partial charge in [0.1, 0.15) is 0 Å². The van der Waals surface area contributed by atoms with Crippen LogP contribution in [0.5, 0.6) is 0 Å². The smallest absolute Gasteiger partial charge is 0.416 e. The average Bonchev–Trinajstić information content (AvgIpc) is 2.36. The highest BCUT2D eigenvalue weighted by atomic mass is 19.4. The summed E-state index contributed by atoms with van der Waals surface area (Å²) in [5, 5.41) is 13.4. The summed E-state index contributed by atoms with van der Waals surface area (Å²) in [5.41, 5.74) is -2.00. The molecule has 1 aromatic carbocycles. The fourth-order valence-electron chi connectivity index (χ4n) is 1.42. The van der Waals surface area contributed by atoms with Gasteiger partial charge >= 0.3 is 18.2 Å². The first-order valence-corrected chi connectivity index (χ1v) is 5.79. The Hall–Kier alpha value is -2.51. The molecule has 3 N–H and O–H groups in total. The van der Waals surface area contributed by atoms with E-state index in [0.29, 0.717) is 12.1 Å². The van der Waals surface area contributed by atoms with E-state index >= 15 is 0 Å². The van der Waals surface area contributed by atoms with Crippen LogP contribution in [0.3, 0.4) is 0 Å². The maximum atomic E-state index is 12.7. The summed E-state index contributed by atoms with van der Waals surface area (Å²) in [6.45, 7) is 5.05. The maximum Gasteiger partial charge on any atom is 0.416 e. The molecule has 5 nitrogen and oxygen atoms in total. The summed E-state index contributed by atoms with van der Waals surface area (Å²) in [7, 11) is 0. The third-order valence-electron chi connectivity index (χ3n) is 2.48. The predicted molar refractivity (Wildman–Crippen MR) is 70.2 cm³/mol. The largest absolute Gasteiger partial charge is 0.478 e.